The third-order valence-corrected chi connectivity index (χ3v) is 3.79. The van der Waals surface area contributed by atoms with Gasteiger partial charge < -0.3 is 15.2 Å². The maximum absolute atomic E-state index is 9.45. The molecule has 0 aromatic carbocycles. The second-order valence-electron chi connectivity index (χ2n) is 5.57. The van der Waals surface area contributed by atoms with E-state index >= 15 is 0 Å². The van der Waals surface area contributed by atoms with Crippen LogP contribution in [-0.2, 0) is 4.74 Å². The smallest absolute Gasteiger partial charge is 0.0703 e. The van der Waals surface area contributed by atoms with Crippen LogP contribution >= 0.6 is 0 Å². The van der Waals surface area contributed by atoms with Crippen molar-refractivity contribution in [3.05, 3.63) is 0 Å². The first kappa shape index (κ1) is 12.3. The summed E-state index contributed by atoms with van der Waals surface area (Å²) in [5, 5.41) is 12.8. The van der Waals surface area contributed by atoms with Gasteiger partial charge in [-0.2, -0.15) is 0 Å². The Labute approximate surface area is 98.0 Å². The van der Waals surface area contributed by atoms with Gasteiger partial charge in [0.15, 0.2) is 0 Å². The summed E-state index contributed by atoms with van der Waals surface area (Å²) in [6.07, 6.45) is 2.71. The molecule has 4 nitrogen and oxygen atoms in total. The lowest BCUT2D eigenvalue weighted by atomic mass is 9.95. The molecule has 0 saturated carbocycles. The van der Waals surface area contributed by atoms with Crippen molar-refractivity contribution in [3.8, 4) is 0 Å². The summed E-state index contributed by atoms with van der Waals surface area (Å²) in [6.45, 7) is 8.42. The highest BCUT2D eigenvalue weighted by molar-refractivity contribution is 4.95. The second-order valence-corrected chi connectivity index (χ2v) is 5.57. The zero-order valence-electron chi connectivity index (χ0n) is 10.4. The fraction of sp³-hybridized carbons (Fsp3) is 1.00. The van der Waals surface area contributed by atoms with Crippen molar-refractivity contribution in [1.29, 1.82) is 0 Å². The van der Waals surface area contributed by atoms with E-state index in [9.17, 15) is 5.11 Å². The Hall–Kier alpha value is -0.160. The Kier molecular flexibility index (Phi) is 3.85. The molecule has 0 aromatic rings. The van der Waals surface area contributed by atoms with Crippen LogP contribution in [0.15, 0.2) is 0 Å². The lowest BCUT2D eigenvalue weighted by Crippen LogP contribution is -2.65. The molecule has 0 radical (unpaired) electrons. The first-order valence-electron chi connectivity index (χ1n) is 6.33. The van der Waals surface area contributed by atoms with E-state index in [0.29, 0.717) is 6.10 Å². The molecule has 2 aliphatic rings. The molecule has 0 bridgehead atoms. The number of nitrogens with one attached hydrogen (secondary N) is 1. The number of aliphatic hydroxyl groups is 1. The van der Waals surface area contributed by atoms with Crippen molar-refractivity contribution < 1.29 is 9.84 Å². The summed E-state index contributed by atoms with van der Waals surface area (Å²) in [5.74, 6) is 0. The van der Waals surface area contributed by atoms with E-state index in [1.807, 2.05) is 0 Å². The van der Waals surface area contributed by atoms with Crippen LogP contribution in [0.25, 0.3) is 0 Å². The second kappa shape index (κ2) is 5.00. The minimum atomic E-state index is 0.109. The molecular formula is C12H24N2O2. The highest BCUT2D eigenvalue weighted by Crippen LogP contribution is 2.24. The fourth-order valence-corrected chi connectivity index (χ4v) is 2.82. The summed E-state index contributed by atoms with van der Waals surface area (Å²) in [7, 11) is 0. The molecule has 2 fully saturated rings. The van der Waals surface area contributed by atoms with Crippen LogP contribution in [0, 0.1) is 0 Å². The molecule has 0 amide bonds. The van der Waals surface area contributed by atoms with E-state index in [-0.39, 0.29) is 18.2 Å². The number of piperazine rings is 1. The molecule has 4 heteroatoms. The van der Waals surface area contributed by atoms with E-state index in [0.717, 1.165) is 32.7 Å². The number of nitrogens with zero attached hydrogens (tertiary/aromatic N) is 1. The van der Waals surface area contributed by atoms with Gasteiger partial charge in [-0.1, -0.05) is 0 Å². The van der Waals surface area contributed by atoms with Crippen LogP contribution < -0.4 is 5.32 Å². The van der Waals surface area contributed by atoms with E-state index in [1.165, 1.54) is 6.42 Å². The minimum Gasteiger partial charge on any atom is -0.395 e. The molecule has 2 heterocycles. The molecule has 2 N–H and O–H groups in total. The standard InChI is InChI=1S/C12H24N2O2/c1-12(2)9-13-6-10(8-15)14(12)7-11-4-3-5-16-11/h10-11,13,15H,3-9H2,1-2H3. The molecular weight excluding hydrogens is 204 g/mol. The molecule has 94 valence electrons. The molecule has 0 aliphatic carbocycles. The largest absolute Gasteiger partial charge is 0.395 e. The van der Waals surface area contributed by atoms with Gasteiger partial charge in [-0.3, -0.25) is 4.90 Å². The number of aliphatic hydroxyl groups excluding tert-OH is 1. The zero-order chi connectivity index (χ0) is 11.6. The van der Waals surface area contributed by atoms with E-state index in [1.54, 1.807) is 0 Å². The third kappa shape index (κ3) is 2.56. The van der Waals surface area contributed by atoms with Gasteiger partial charge in [0, 0.05) is 37.8 Å². The quantitative estimate of drug-likeness (QED) is 0.725. The van der Waals surface area contributed by atoms with Gasteiger partial charge in [0.1, 0.15) is 0 Å². The molecule has 0 aromatic heterocycles. The highest BCUT2D eigenvalue weighted by Gasteiger charge is 2.37. The predicted molar refractivity (Wildman–Crippen MR) is 63.5 cm³/mol. The number of ether oxygens (including phenoxy) is 1. The van der Waals surface area contributed by atoms with Crippen molar-refractivity contribution in [2.75, 3.05) is 32.8 Å². The fourth-order valence-electron chi connectivity index (χ4n) is 2.82. The lowest BCUT2D eigenvalue weighted by molar-refractivity contribution is -0.0281. The predicted octanol–water partition coefficient (Wildman–Crippen LogP) is 0.210. The van der Waals surface area contributed by atoms with Crippen molar-refractivity contribution in [2.45, 2.75) is 44.4 Å². The molecule has 16 heavy (non-hydrogen) atoms. The monoisotopic (exact) mass is 228 g/mol. The van der Waals surface area contributed by atoms with Gasteiger partial charge in [-0.25, -0.2) is 0 Å². The maximum atomic E-state index is 9.45. The first-order chi connectivity index (χ1) is 7.63. The molecule has 2 unspecified atom stereocenters. The Morgan fingerprint density at radius 1 is 1.50 bits per heavy atom. The third-order valence-electron chi connectivity index (χ3n) is 3.79. The lowest BCUT2D eigenvalue weighted by Gasteiger charge is -2.48. The van der Waals surface area contributed by atoms with Crippen LogP contribution in [0.3, 0.4) is 0 Å². The zero-order valence-corrected chi connectivity index (χ0v) is 10.4. The van der Waals surface area contributed by atoms with Gasteiger partial charge in [0.2, 0.25) is 0 Å². The molecule has 2 saturated heterocycles. The van der Waals surface area contributed by atoms with Crippen molar-refractivity contribution >= 4 is 0 Å². The Balaban J connectivity index is 2.00. The number of rotatable bonds is 3. The summed E-state index contributed by atoms with van der Waals surface area (Å²) < 4.78 is 5.70. The van der Waals surface area contributed by atoms with Crippen LogP contribution in [0.1, 0.15) is 26.7 Å². The van der Waals surface area contributed by atoms with Gasteiger partial charge in [0.25, 0.3) is 0 Å². The summed E-state index contributed by atoms with van der Waals surface area (Å²) in [6, 6.07) is 0.230. The van der Waals surface area contributed by atoms with Crippen LogP contribution in [0.2, 0.25) is 0 Å². The number of hydrogen-bond acceptors (Lipinski definition) is 4. The van der Waals surface area contributed by atoms with Crippen LogP contribution in [-0.4, -0.2) is 60.5 Å². The number of hydrogen-bond donors (Lipinski definition) is 2. The average Bonchev–Trinajstić information content (AvgIpc) is 2.73. The van der Waals surface area contributed by atoms with Crippen molar-refractivity contribution in [3.63, 3.8) is 0 Å². The van der Waals surface area contributed by atoms with Gasteiger partial charge in [0.05, 0.1) is 12.7 Å². The van der Waals surface area contributed by atoms with Crippen LogP contribution in [0.4, 0.5) is 0 Å². The Morgan fingerprint density at radius 2 is 2.31 bits per heavy atom. The molecule has 2 aliphatic heterocycles. The summed E-state index contributed by atoms with van der Waals surface area (Å²) >= 11 is 0. The minimum absolute atomic E-state index is 0.109. The maximum Gasteiger partial charge on any atom is 0.0703 e. The topological polar surface area (TPSA) is 44.7 Å². The van der Waals surface area contributed by atoms with E-state index in [2.05, 4.69) is 24.1 Å². The van der Waals surface area contributed by atoms with Gasteiger partial charge in [-0.05, 0) is 26.7 Å². The normalized spacial score (nSPS) is 35.4. The molecule has 0 spiro atoms. The Bertz CT molecular complexity index is 227. The van der Waals surface area contributed by atoms with Gasteiger partial charge >= 0.3 is 0 Å². The van der Waals surface area contributed by atoms with Crippen LogP contribution in [0.5, 0.6) is 0 Å². The highest BCUT2D eigenvalue weighted by atomic mass is 16.5. The molecule has 2 rings (SSSR count). The van der Waals surface area contributed by atoms with Gasteiger partial charge in [-0.15, -0.1) is 0 Å². The molecule has 2 atom stereocenters. The average molecular weight is 228 g/mol. The first-order valence-corrected chi connectivity index (χ1v) is 6.33. The SMILES string of the molecule is CC1(C)CNCC(CO)N1CC1CCCO1. The summed E-state index contributed by atoms with van der Waals surface area (Å²) in [4.78, 5) is 2.42. The van der Waals surface area contributed by atoms with E-state index in [4.69, 9.17) is 4.74 Å². The van der Waals surface area contributed by atoms with E-state index < -0.39 is 0 Å². The van der Waals surface area contributed by atoms with Crippen molar-refractivity contribution in [2.24, 2.45) is 0 Å². The Morgan fingerprint density at radius 3 is 2.94 bits per heavy atom. The summed E-state index contributed by atoms with van der Waals surface area (Å²) in [5.41, 5.74) is 0.109. The van der Waals surface area contributed by atoms with Crippen molar-refractivity contribution in [1.82, 2.24) is 10.2 Å².